The number of rotatable bonds is 25. The molecule has 9 rings (SSSR count). The minimum Gasteiger partial charge on any atom is -0.463 e. The van der Waals surface area contributed by atoms with Gasteiger partial charge in [0.2, 0.25) is 0 Å². The van der Waals surface area contributed by atoms with Gasteiger partial charge >= 0.3 is 30.2 Å². The van der Waals surface area contributed by atoms with Crippen molar-refractivity contribution in [2.75, 3.05) is 19.7 Å². The van der Waals surface area contributed by atoms with Crippen LogP contribution in [0.4, 0.5) is 14.4 Å². The van der Waals surface area contributed by atoms with Crippen LogP contribution in [0, 0.1) is 0 Å². The van der Waals surface area contributed by atoms with Crippen LogP contribution in [-0.4, -0.2) is 175 Å². The summed E-state index contributed by atoms with van der Waals surface area (Å²) < 4.78 is 75.2. The number of aliphatic hydroxyl groups excluding tert-OH is 2. The number of benzene rings is 4. The fourth-order valence-corrected chi connectivity index (χ4v) is 11.0. The summed E-state index contributed by atoms with van der Waals surface area (Å²) in [5, 5.41) is 39.0. The van der Waals surface area contributed by atoms with Gasteiger partial charge in [0.1, 0.15) is 68.5 Å². The van der Waals surface area contributed by atoms with Crippen LogP contribution in [0.3, 0.4) is 0 Å². The minimum atomic E-state index is -1.89. The number of ether oxygens (including phenoxy) is 12. The lowest BCUT2D eigenvalue weighted by atomic mass is 9.81. The van der Waals surface area contributed by atoms with Crippen LogP contribution in [0.1, 0.15) is 48.9 Å². The number of nitrogens with zero attached hydrogens (tertiary/aromatic N) is 10. The third kappa shape index (κ3) is 17.1. The van der Waals surface area contributed by atoms with E-state index in [1.54, 1.807) is 60.7 Å². The average Bonchev–Trinajstić information content (AvgIpc) is 2.10. The molecule has 3 amide bonds. The highest BCUT2D eigenvalue weighted by Gasteiger charge is 2.62. The molecule has 4 aromatic rings. The van der Waals surface area contributed by atoms with E-state index < -0.39 is 154 Å². The maximum absolute atomic E-state index is 14.4. The Morgan fingerprint density at radius 1 is 0.640 bits per heavy atom. The maximum atomic E-state index is 14.4. The first-order valence-corrected chi connectivity index (χ1v) is 28.5. The summed E-state index contributed by atoms with van der Waals surface area (Å²) in [5.41, 5.74) is 31.6. The number of amides is 3. The number of azide groups is 3. The summed E-state index contributed by atoms with van der Waals surface area (Å²) in [6, 6.07) is 30.4. The molecule has 4 aliphatic heterocycles. The van der Waals surface area contributed by atoms with Gasteiger partial charge in [-0.05, 0) is 51.7 Å². The van der Waals surface area contributed by atoms with Crippen molar-refractivity contribution in [3.05, 3.63) is 175 Å². The maximum Gasteiger partial charge on any atom is 0.410 e. The molecule has 4 N–H and O–H groups in total. The first-order chi connectivity index (χ1) is 43.2. The van der Waals surface area contributed by atoms with Crippen molar-refractivity contribution in [3.63, 3.8) is 0 Å². The van der Waals surface area contributed by atoms with Gasteiger partial charge in [-0.1, -0.05) is 137 Å². The standard InChI is InChI=1S/C58H66N12O19/c1-32(71)78-31-41-47(86-54-42(66-69-61)46(74)45(73)40(84-54)25-62-67-59)52(82-33(2)72)55(85-41)88-51-49(43(63-56(75)80-29-36-19-11-5-12-20-36)48(44-50(51)89-57(76)64-44)79-28-35-17-9-4-10-18-35)87-53-39(65-68-60)24-23-38(83-53)27-70(26-34-15-7-3-8-16-34)58(77)81-30-37-21-13-6-14-22-37/h3-22,38-55,73-74H,23-31H2,1-2H3,(H,63,75)(H,64,76)/t38-,39+,40-,41+,42+,43-,44+,45-,46+,47+,48-,49+,50-,51-,52+,53+,54+,55-/m0/s1. The zero-order valence-corrected chi connectivity index (χ0v) is 48.1. The van der Waals surface area contributed by atoms with Crippen molar-refractivity contribution >= 4 is 30.2 Å². The molecule has 0 aromatic heterocycles. The van der Waals surface area contributed by atoms with Crippen LogP contribution in [-0.2, 0) is 92.8 Å². The van der Waals surface area contributed by atoms with E-state index in [1.165, 1.54) is 4.90 Å². The van der Waals surface area contributed by atoms with E-state index in [0.717, 1.165) is 25.0 Å². The van der Waals surface area contributed by atoms with Gasteiger partial charge in [0, 0.05) is 35.1 Å². The summed E-state index contributed by atoms with van der Waals surface area (Å²) in [6.07, 6.45) is -24.7. The number of carbonyl (C=O) groups excluding carboxylic acids is 5. The second-order valence-corrected chi connectivity index (χ2v) is 21.3. The quantitative estimate of drug-likeness (QED) is 0.0189. The van der Waals surface area contributed by atoms with Crippen molar-refractivity contribution in [2.24, 2.45) is 15.3 Å². The van der Waals surface area contributed by atoms with Gasteiger partial charge in [-0.25, -0.2) is 14.4 Å². The molecule has 472 valence electrons. The zero-order chi connectivity index (χ0) is 62.8. The molecule has 0 bridgehead atoms. The van der Waals surface area contributed by atoms with Gasteiger partial charge in [-0.15, -0.1) is 0 Å². The molecule has 0 unspecified atom stereocenters. The topological polar surface area (TPSA) is 410 Å². The zero-order valence-electron chi connectivity index (χ0n) is 48.1. The van der Waals surface area contributed by atoms with Crippen molar-refractivity contribution < 1.29 is 91.0 Å². The van der Waals surface area contributed by atoms with Gasteiger partial charge in [-0.3, -0.25) is 9.59 Å². The Balaban J connectivity index is 1.11. The highest BCUT2D eigenvalue weighted by Crippen LogP contribution is 2.40. The van der Waals surface area contributed by atoms with Gasteiger partial charge in [0.05, 0.1) is 50.1 Å². The number of hydrogen-bond donors (Lipinski definition) is 4. The number of carbonyl (C=O) groups is 5. The molecule has 4 aromatic carbocycles. The van der Waals surface area contributed by atoms with E-state index in [-0.39, 0.29) is 45.8 Å². The van der Waals surface area contributed by atoms with Gasteiger partial charge < -0.3 is 82.6 Å². The predicted molar refractivity (Wildman–Crippen MR) is 303 cm³/mol. The van der Waals surface area contributed by atoms with Crippen molar-refractivity contribution in [2.45, 2.75) is 163 Å². The molecule has 4 heterocycles. The van der Waals surface area contributed by atoms with E-state index in [1.807, 2.05) is 60.7 Å². The Morgan fingerprint density at radius 2 is 1.24 bits per heavy atom. The second kappa shape index (κ2) is 31.4. The normalized spacial score (nSPS) is 30.2. The van der Waals surface area contributed by atoms with E-state index >= 15 is 0 Å². The van der Waals surface area contributed by atoms with E-state index in [4.69, 9.17) is 62.4 Å². The van der Waals surface area contributed by atoms with Crippen LogP contribution < -0.4 is 10.6 Å². The summed E-state index contributed by atoms with van der Waals surface area (Å²) in [6.45, 7) is 0.578. The molecule has 31 nitrogen and oxygen atoms in total. The number of alkyl carbamates (subject to hydrolysis) is 2. The molecule has 18 atom stereocenters. The lowest BCUT2D eigenvalue weighted by Crippen LogP contribution is -2.72. The van der Waals surface area contributed by atoms with Crippen LogP contribution >= 0.6 is 0 Å². The van der Waals surface area contributed by atoms with Crippen LogP contribution in [0.15, 0.2) is 137 Å². The number of hydrogen-bond acceptors (Lipinski definition) is 22. The molecule has 5 aliphatic rings. The average molecular weight is 1240 g/mol. The highest BCUT2D eigenvalue weighted by molar-refractivity contribution is 5.72. The molecule has 0 radical (unpaired) electrons. The Bertz CT molecular complexity index is 3170. The second-order valence-electron chi connectivity index (χ2n) is 21.3. The van der Waals surface area contributed by atoms with Gasteiger partial charge in [0.15, 0.2) is 31.1 Å². The van der Waals surface area contributed by atoms with Crippen molar-refractivity contribution in [3.8, 4) is 0 Å². The Labute approximate surface area is 508 Å². The molecule has 1 saturated carbocycles. The van der Waals surface area contributed by atoms with Gasteiger partial charge in [-0.2, -0.15) is 0 Å². The van der Waals surface area contributed by atoms with E-state index in [9.17, 15) is 45.2 Å². The number of esters is 2. The van der Waals surface area contributed by atoms with Crippen LogP contribution in [0.25, 0.3) is 31.3 Å². The van der Waals surface area contributed by atoms with Crippen LogP contribution in [0.5, 0.6) is 0 Å². The third-order valence-electron chi connectivity index (χ3n) is 15.2. The summed E-state index contributed by atoms with van der Waals surface area (Å²) in [4.78, 5) is 78.2. The molecule has 5 fully saturated rings. The third-order valence-corrected chi connectivity index (χ3v) is 15.2. The predicted octanol–water partition coefficient (Wildman–Crippen LogP) is 6.19. The Hall–Kier alpha value is -8.80. The van der Waals surface area contributed by atoms with E-state index in [0.29, 0.717) is 11.1 Å². The first-order valence-electron chi connectivity index (χ1n) is 28.5. The molecule has 89 heavy (non-hydrogen) atoms. The summed E-state index contributed by atoms with van der Waals surface area (Å²) in [5.74, 6) is -1.76. The summed E-state index contributed by atoms with van der Waals surface area (Å²) in [7, 11) is 0. The van der Waals surface area contributed by atoms with Crippen molar-refractivity contribution in [1.29, 1.82) is 0 Å². The van der Waals surface area contributed by atoms with Crippen LogP contribution in [0.2, 0.25) is 0 Å². The number of fused-ring (bicyclic) bond motifs is 1. The molecule has 31 heteroatoms. The lowest BCUT2D eigenvalue weighted by Gasteiger charge is -2.49. The molecule has 0 spiro atoms. The van der Waals surface area contributed by atoms with E-state index in [2.05, 4.69) is 40.7 Å². The molecule has 4 saturated heterocycles. The molecule has 1 aliphatic carbocycles. The lowest BCUT2D eigenvalue weighted by molar-refractivity contribution is -0.297. The first kappa shape index (κ1) is 64.7. The Morgan fingerprint density at radius 3 is 1.85 bits per heavy atom. The molecular formula is C58H66N12O19. The molecular weight excluding hydrogens is 1170 g/mol. The minimum absolute atomic E-state index is 0.0425. The summed E-state index contributed by atoms with van der Waals surface area (Å²) >= 11 is 0. The smallest absolute Gasteiger partial charge is 0.410 e. The van der Waals surface area contributed by atoms with Gasteiger partial charge in [0.25, 0.3) is 0 Å². The SMILES string of the molecule is CC(=O)OC[C@H]1O[C@@H](O[C@H]2[C@H](O[C@H]3O[C@H](CN(Cc4ccccc4)C(=O)OCc4ccccc4)CC[C@H]3N=[N+]=[N-])[C@@H](NC(=O)OCc3ccccc3)[C@H](OCc3ccccc3)[C@H]3NC(=O)O[C@@H]32)[C@H](OC(C)=O)[C@@H]1O[C@H]1O[C@@H](CN=[N+]=[N-])[C@H](O)[C@H](O)[C@H]1N=[N+]=[N-]. The van der Waals surface area contributed by atoms with Crippen molar-refractivity contribution in [1.82, 2.24) is 15.5 Å². The fourth-order valence-electron chi connectivity index (χ4n) is 11.0. The number of nitrogens with one attached hydrogen (secondary N) is 2. The largest absolute Gasteiger partial charge is 0.463 e. The monoisotopic (exact) mass is 1230 g/mol. The Kier molecular flexibility index (Phi) is 22.8. The highest BCUT2D eigenvalue weighted by atomic mass is 16.8. The number of aliphatic hydroxyl groups is 2. The fraction of sp³-hybridized carbons (Fsp3) is 0.500.